The fraction of sp³-hybridized carbons (Fsp3) is 0.421. The fourth-order valence-corrected chi connectivity index (χ4v) is 2.78. The molecule has 1 aromatic carbocycles. The van der Waals surface area contributed by atoms with Crippen LogP contribution in [0.15, 0.2) is 48.0 Å². The predicted molar refractivity (Wildman–Crippen MR) is 104 cm³/mol. The first-order chi connectivity index (χ1) is 12.9. The van der Waals surface area contributed by atoms with Gasteiger partial charge in [0.1, 0.15) is 12.1 Å². The Morgan fingerprint density at radius 1 is 1.33 bits per heavy atom. The molecule has 2 rings (SSSR count). The molecule has 1 heterocycles. The summed E-state index contributed by atoms with van der Waals surface area (Å²) in [6.07, 6.45) is 4.93. The van der Waals surface area contributed by atoms with Gasteiger partial charge in [0.15, 0.2) is 0 Å². The van der Waals surface area contributed by atoms with E-state index < -0.39 is 5.92 Å². The average Bonchev–Trinajstić information content (AvgIpc) is 2.62. The lowest BCUT2D eigenvalue weighted by atomic mass is 10.1. The molecule has 27 heavy (non-hydrogen) atoms. The number of alkyl halides is 2. The van der Waals surface area contributed by atoms with E-state index in [0.717, 1.165) is 0 Å². The molecule has 0 fully saturated rings. The van der Waals surface area contributed by atoms with Crippen molar-refractivity contribution in [3.63, 3.8) is 0 Å². The maximum Gasteiger partial charge on any atom is 0.264 e. The molecule has 3 N–H and O–H groups in total. The first-order valence-corrected chi connectivity index (χ1v) is 8.80. The lowest BCUT2D eigenvalue weighted by molar-refractivity contribution is -0.0260. The maximum atomic E-state index is 14.3. The third kappa shape index (κ3) is 7.26. The number of hydrogen-bond acceptors (Lipinski definition) is 6. The minimum Gasteiger partial charge on any atom is -0.367 e. The normalized spacial score (nSPS) is 13.2. The van der Waals surface area contributed by atoms with Crippen LogP contribution in [0, 0.1) is 0 Å². The van der Waals surface area contributed by atoms with Crippen LogP contribution in [0.2, 0.25) is 0 Å². The number of nitrogens with two attached hydrogens (primary N) is 1. The summed E-state index contributed by atoms with van der Waals surface area (Å²) in [7, 11) is 1.71. The number of hydrogen-bond donors (Lipinski definition) is 2. The average molecular weight is 376 g/mol. The molecule has 0 aliphatic carbocycles. The van der Waals surface area contributed by atoms with Crippen LogP contribution in [0.4, 0.5) is 14.6 Å². The Morgan fingerprint density at radius 2 is 2.07 bits per heavy atom. The van der Waals surface area contributed by atoms with Crippen molar-refractivity contribution in [2.75, 3.05) is 25.5 Å². The summed E-state index contributed by atoms with van der Waals surface area (Å²) in [5.74, 6) is 3.02. The monoisotopic (exact) mass is 376 g/mol. The molecule has 8 heteroatoms. The molecular weight excluding hydrogens is 350 g/mol. The van der Waals surface area contributed by atoms with E-state index >= 15 is 0 Å². The van der Waals surface area contributed by atoms with E-state index in [0.29, 0.717) is 29.9 Å². The number of benzene rings is 1. The molecule has 0 radical (unpaired) electrons. The highest BCUT2D eigenvalue weighted by molar-refractivity contribution is 5.85. The Bertz CT molecular complexity index is 723. The molecule has 0 bridgehead atoms. The summed E-state index contributed by atoms with van der Waals surface area (Å²) in [5, 5.41) is 6.73. The Kier molecular flexibility index (Phi) is 7.60. The second-order valence-corrected chi connectivity index (χ2v) is 6.70. The SMILES string of the molecule is CC(CCN(C)CC(F)(F)Cc1ccccc1)Nc1ncncc1/C=N\N. The largest absolute Gasteiger partial charge is 0.367 e. The van der Waals surface area contributed by atoms with Crippen LogP contribution < -0.4 is 11.2 Å². The summed E-state index contributed by atoms with van der Waals surface area (Å²) >= 11 is 0. The van der Waals surface area contributed by atoms with E-state index in [1.54, 1.807) is 42.4 Å². The van der Waals surface area contributed by atoms with Gasteiger partial charge in [-0.1, -0.05) is 30.3 Å². The molecule has 0 aliphatic heterocycles. The number of nitrogens with one attached hydrogen (secondary N) is 1. The summed E-state index contributed by atoms with van der Waals surface area (Å²) < 4.78 is 28.5. The zero-order valence-corrected chi connectivity index (χ0v) is 15.6. The lowest BCUT2D eigenvalue weighted by Gasteiger charge is -2.25. The molecule has 6 nitrogen and oxygen atoms in total. The summed E-state index contributed by atoms with van der Waals surface area (Å²) in [6, 6.07) is 8.87. The van der Waals surface area contributed by atoms with Crippen molar-refractivity contribution in [2.24, 2.45) is 10.9 Å². The topological polar surface area (TPSA) is 79.4 Å². The Balaban J connectivity index is 1.81. The number of halogens is 2. The Labute approximate surface area is 158 Å². The Morgan fingerprint density at radius 3 is 2.78 bits per heavy atom. The minimum atomic E-state index is -2.77. The molecular formula is C19H26F2N6. The van der Waals surface area contributed by atoms with Gasteiger partial charge in [0, 0.05) is 25.2 Å². The van der Waals surface area contributed by atoms with Crippen molar-refractivity contribution in [1.29, 1.82) is 0 Å². The van der Waals surface area contributed by atoms with Gasteiger partial charge in [0.2, 0.25) is 0 Å². The number of nitrogens with zero attached hydrogens (tertiary/aromatic N) is 4. The molecule has 146 valence electrons. The van der Waals surface area contributed by atoms with Crippen LogP contribution in [-0.4, -0.2) is 53.2 Å². The summed E-state index contributed by atoms with van der Waals surface area (Å²) in [4.78, 5) is 9.75. The molecule has 0 spiro atoms. The van der Waals surface area contributed by atoms with Crippen molar-refractivity contribution < 1.29 is 8.78 Å². The van der Waals surface area contributed by atoms with E-state index in [2.05, 4.69) is 20.4 Å². The van der Waals surface area contributed by atoms with Gasteiger partial charge in [0.25, 0.3) is 5.92 Å². The molecule has 0 saturated carbocycles. The van der Waals surface area contributed by atoms with Crippen LogP contribution in [0.1, 0.15) is 24.5 Å². The van der Waals surface area contributed by atoms with Crippen LogP contribution in [0.3, 0.4) is 0 Å². The van der Waals surface area contributed by atoms with Gasteiger partial charge in [-0.25, -0.2) is 18.7 Å². The molecule has 1 aromatic heterocycles. The van der Waals surface area contributed by atoms with Gasteiger partial charge in [-0.15, -0.1) is 0 Å². The molecule has 0 saturated heterocycles. The zero-order chi connectivity index (χ0) is 19.7. The summed E-state index contributed by atoms with van der Waals surface area (Å²) in [6.45, 7) is 2.22. The summed E-state index contributed by atoms with van der Waals surface area (Å²) in [5.41, 5.74) is 1.32. The predicted octanol–water partition coefficient (Wildman–Crippen LogP) is 2.77. The quantitative estimate of drug-likeness (QED) is 0.379. The Hall–Kier alpha value is -2.61. The van der Waals surface area contributed by atoms with E-state index in [-0.39, 0.29) is 19.0 Å². The van der Waals surface area contributed by atoms with E-state index in [9.17, 15) is 8.78 Å². The van der Waals surface area contributed by atoms with Gasteiger partial charge in [-0.05, 0) is 26.0 Å². The van der Waals surface area contributed by atoms with Gasteiger partial charge >= 0.3 is 0 Å². The van der Waals surface area contributed by atoms with Gasteiger partial charge < -0.3 is 16.1 Å². The second-order valence-electron chi connectivity index (χ2n) is 6.70. The van der Waals surface area contributed by atoms with Crippen LogP contribution in [0.5, 0.6) is 0 Å². The maximum absolute atomic E-state index is 14.3. The first kappa shape index (κ1) is 20.7. The van der Waals surface area contributed by atoms with Gasteiger partial charge in [-0.2, -0.15) is 5.10 Å². The molecule has 0 amide bonds. The van der Waals surface area contributed by atoms with Gasteiger partial charge in [-0.3, -0.25) is 0 Å². The number of aromatic nitrogens is 2. The third-order valence-corrected chi connectivity index (χ3v) is 4.09. The van der Waals surface area contributed by atoms with Crippen molar-refractivity contribution >= 4 is 12.0 Å². The number of rotatable bonds is 10. The highest BCUT2D eigenvalue weighted by Crippen LogP contribution is 2.21. The lowest BCUT2D eigenvalue weighted by Crippen LogP contribution is -2.37. The first-order valence-electron chi connectivity index (χ1n) is 8.80. The standard InChI is InChI=1S/C19H26F2N6/c1-15(26-18-17(12-25-22)11-23-14-24-18)8-9-27(2)13-19(20,21)10-16-6-4-3-5-7-16/h3-7,11-12,14-15H,8-10,13,22H2,1-2H3,(H,23,24,26)/b25-12-. The second kappa shape index (κ2) is 9.91. The van der Waals surface area contributed by atoms with E-state index in [1.165, 1.54) is 12.5 Å². The van der Waals surface area contributed by atoms with Crippen LogP contribution in [0.25, 0.3) is 0 Å². The van der Waals surface area contributed by atoms with Crippen LogP contribution in [-0.2, 0) is 6.42 Å². The van der Waals surface area contributed by atoms with Gasteiger partial charge in [0.05, 0.1) is 18.3 Å². The van der Waals surface area contributed by atoms with Crippen molar-refractivity contribution in [2.45, 2.75) is 31.7 Å². The van der Waals surface area contributed by atoms with Crippen LogP contribution >= 0.6 is 0 Å². The van der Waals surface area contributed by atoms with Crippen molar-refractivity contribution in [3.8, 4) is 0 Å². The minimum absolute atomic E-state index is 0.0371. The van der Waals surface area contributed by atoms with E-state index in [1.807, 2.05) is 13.0 Å². The zero-order valence-electron chi connectivity index (χ0n) is 15.6. The van der Waals surface area contributed by atoms with Crippen molar-refractivity contribution in [1.82, 2.24) is 14.9 Å². The molecule has 1 atom stereocenters. The molecule has 1 unspecified atom stereocenters. The number of anilines is 1. The highest BCUT2D eigenvalue weighted by atomic mass is 19.3. The smallest absolute Gasteiger partial charge is 0.264 e. The van der Waals surface area contributed by atoms with Crippen molar-refractivity contribution in [3.05, 3.63) is 54.0 Å². The third-order valence-electron chi connectivity index (χ3n) is 4.09. The molecule has 0 aliphatic rings. The van der Waals surface area contributed by atoms with E-state index in [4.69, 9.17) is 5.84 Å². The number of hydrazone groups is 1. The highest BCUT2D eigenvalue weighted by Gasteiger charge is 2.30. The molecule has 2 aromatic rings. The fourth-order valence-electron chi connectivity index (χ4n) is 2.78.